The van der Waals surface area contributed by atoms with Gasteiger partial charge in [-0.2, -0.15) is 0 Å². The van der Waals surface area contributed by atoms with E-state index >= 15 is 0 Å². The van der Waals surface area contributed by atoms with Crippen LogP contribution >= 0.6 is 22.7 Å². The van der Waals surface area contributed by atoms with Crippen molar-refractivity contribution in [1.82, 2.24) is 0 Å². The zero-order chi connectivity index (χ0) is 13.1. The quantitative estimate of drug-likeness (QED) is 0.708. The first kappa shape index (κ1) is 12.6. The summed E-state index contributed by atoms with van der Waals surface area (Å²) in [6.45, 7) is 0. The van der Waals surface area contributed by atoms with Crippen LogP contribution in [0.15, 0.2) is 46.2 Å². The van der Waals surface area contributed by atoms with E-state index in [1.54, 1.807) is 22.7 Å². The fraction of sp³-hybridized carbons (Fsp3) is 0.188. The van der Waals surface area contributed by atoms with Crippen LogP contribution in [0, 0.1) is 0 Å². The molecule has 0 unspecified atom stereocenters. The Bertz CT molecular complexity index is 616. The molecule has 1 aliphatic carbocycles. The van der Waals surface area contributed by atoms with E-state index in [0.29, 0.717) is 6.42 Å². The molecule has 2 aromatic rings. The van der Waals surface area contributed by atoms with E-state index in [9.17, 15) is 4.79 Å². The van der Waals surface area contributed by atoms with Gasteiger partial charge in [-0.1, -0.05) is 17.7 Å². The van der Waals surface area contributed by atoms with E-state index in [1.807, 2.05) is 17.5 Å². The summed E-state index contributed by atoms with van der Waals surface area (Å²) in [5, 5.41) is 4.11. The van der Waals surface area contributed by atoms with Crippen LogP contribution in [0.25, 0.3) is 12.2 Å². The molecule has 0 bridgehead atoms. The first-order valence-corrected chi connectivity index (χ1v) is 8.07. The lowest BCUT2D eigenvalue weighted by Gasteiger charge is -2.16. The van der Waals surface area contributed by atoms with Gasteiger partial charge in [-0.15, -0.1) is 22.7 Å². The van der Waals surface area contributed by atoms with E-state index in [1.165, 1.54) is 15.3 Å². The molecule has 1 saturated carbocycles. The highest BCUT2D eigenvalue weighted by molar-refractivity contribution is 7.11. The Morgan fingerprint density at radius 3 is 2.21 bits per heavy atom. The molecule has 3 rings (SSSR count). The molecule has 0 spiro atoms. The fourth-order valence-electron chi connectivity index (χ4n) is 2.24. The van der Waals surface area contributed by atoms with Gasteiger partial charge in [0.25, 0.3) is 0 Å². The number of hydrogen-bond donors (Lipinski definition) is 0. The summed E-state index contributed by atoms with van der Waals surface area (Å²) in [5.74, 6) is 0.280. The summed E-state index contributed by atoms with van der Waals surface area (Å²) >= 11 is 3.40. The Morgan fingerprint density at radius 1 is 0.947 bits per heavy atom. The lowest BCUT2D eigenvalue weighted by atomic mass is 9.88. The van der Waals surface area contributed by atoms with Crippen molar-refractivity contribution < 1.29 is 4.79 Å². The van der Waals surface area contributed by atoms with Crippen molar-refractivity contribution in [3.8, 4) is 0 Å². The normalized spacial score (nSPS) is 20.3. The number of carbonyl (C=O) groups excluding carboxylic acids is 1. The van der Waals surface area contributed by atoms with Gasteiger partial charge < -0.3 is 0 Å². The Balaban J connectivity index is 1.74. The van der Waals surface area contributed by atoms with Crippen molar-refractivity contribution in [2.75, 3.05) is 0 Å². The van der Waals surface area contributed by atoms with Gasteiger partial charge in [0.15, 0.2) is 5.78 Å². The monoisotopic (exact) mass is 286 g/mol. The molecule has 0 amide bonds. The maximum absolute atomic E-state index is 12.2. The Morgan fingerprint density at radius 2 is 1.63 bits per heavy atom. The third-order valence-electron chi connectivity index (χ3n) is 3.21. The predicted octanol–water partition coefficient (Wildman–Crippen LogP) is 5.03. The SMILES string of the molecule is O=C1CC(=Cc2cccs2)CCC1=Cc1cccs1. The molecule has 0 saturated heterocycles. The number of ketones is 1. The minimum Gasteiger partial charge on any atom is -0.294 e. The molecular weight excluding hydrogens is 272 g/mol. The Kier molecular flexibility index (Phi) is 3.76. The van der Waals surface area contributed by atoms with Crippen LogP contribution in [-0.4, -0.2) is 5.78 Å². The summed E-state index contributed by atoms with van der Waals surface area (Å²) in [7, 11) is 0. The number of allylic oxidation sites excluding steroid dienone is 2. The van der Waals surface area contributed by atoms with Gasteiger partial charge in [-0.05, 0) is 53.5 Å². The minimum absolute atomic E-state index is 0.280. The van der Waals surface area contributed by atoms with Crippen molar-refractivity contribution in [2.45, 2.75) is 19.3 Å². The summed E-state index contributed by atoms with van der Waals surface area (Å²) in [6.07, 6.45) is 6.67. The van der Waals surface area contributed by atoms with Crippen LogP contribution in [0.1, 0.15) is 29.0 Å². The highest BCUT2D eigenvalue weighted by atomic mass is 32.1. The second-order valence-electron chi connectivity index (χ2n) is 4.60. The van der Waals surface area contributed by atoms with E-state index in [4.69, 9.17) is 0 Å². The molecule has 0 atom stereocenters. The lowest BCUT2D eigenvalue weighted by molar-refractivity contribution is -0.115. The number of hydrogen-bond acceptors (Lipinski definition) is 3. The van der Waals surface area contributed by atoms with E-state index in [0.717, 1.165) is 18.4 Å². The van der Waals surface area contributed by atoms with Crippen molar-refractivity contribution in [2.24, 2.45) is 0 Å². The van der Waals surface area contributed by atoms with Gasteiger partial charge in [-0.25, -0.2) is 0 Å². The average molecular weight is 286 g/mol. The second-order valence-corrected chi connectivity index (χ2v) is 6.56. The molecule has 0 aliphatic heterocycles. The molecule has 0 aromatic carbocycles. The number of thiophene rings is 2. The van der Waals surface area contributed by atoms with E-state index in [2.05, 4.69) is 29.7 Å². The van der Waals surface area contributed by atoms with Crippen molar-refractivity contribution in [3.63, 3.8) is 0 Å². The number of Topliss-reactive ketones (excluding diaryl/α,β-unsaturated/α-hetero) is 1. The summed E-state index contributed by atoms with van der Waals surface area (Å²) in [5.41, 5.74) is 2.24. The maximum Gasteiger partial charge on any atom is 0.162 e. The molecule has 2 heterocycles. The molecule has 1 aliphatic rings. The zero-order valence-electron chi connectivity index (χ0n) is 10.5. The van der Waals surface area contributed by atoms with Crippen molar-refractivity contribution in [1.29, 1.82) is 0 Å². The lowest BCUT2D eigenvalue weighted by Crippen LogP contribution is -2.10. The molecule has 96 valence electrons. The van der Waals surface area contributed by atoms with Gasteiger partial charge in [0.1, 0.15) is 0 Å². The predicted molar refractivity (Wildman–Crippen MR) is 83.5 cm³/mol. The fourth-order valence-corrected chi connectivity index (χ4v) is 3.63. The smallest absolute Gasteiger partial charge is 0.162 e. The zero-order valence-corrected chi connectivity index (χ0v) is 12.1. The van der Waals surface area contributed by atoms with Gasteiger partial charge in [0, 0.05) is 16.2 Å². The standard InChI is InChI=1S/C16H14OS2/c17-16-10-12(9-14-3-1-7-18-14)5-6-13(16)11-15-4-2-8-19-15/h1-4,7-9,11H,5-6,10H2. The third kappa shape index (κ3) is 3.11. The molecule has 2 aromatic heterocycles. The summed E-state index contributed by atoms with van der Waals surface area (Å²) < 4.78 is 0. The number of rotatable bonds is 2. The van der Waals surface area contributed by atoms with E-state index < -0.39 is 0 Å². The topological polar surface area (TPSA) is 17.1 Å². The van der Waals surface area contributed by atoms with Crippen LogP contribution in [-0.2, 0) is 4.79 Å². The van der Waals surface area contributed by atoms with Gasteiger partial charge in [-0.3, -0.25) is 4.79 Å². The summed E-state index contributed by atoms with van der Waals surface area (Å²) in [6, 6.07) is 8.22. The van der Waals surface area contributed by atoms with Crippen LogP contribution in [0.2, 0.25) is 0 Å². The third-order valence-corrected chi connectivity index (χ3v) is 4.85. The molecule has 0 N–H and O–H groups in total. The van der Waals surface area contributed by atoms with Gasteiger partial charge in [0.05, 0.1) is 0 Å². The van der Waals surface area contributed by atoms with Crippen molar-refractivity contribution in [3.05, 3.63) is 55.9 Å². The first-order valence-electron chi connectivity index (χ1n) is 6.31. The van der Waals surface area contributed by atoms with Crippen LogP contribution in [0.4, 0.5) is 0 Å². The van der Waals surface area contributed by atoms with Crippen LogP contribution in [0.5, 0.6) is 0 Å². The Hall–Kier alpha value is -1.45. The minimum atomic E-state index is 0.280. The highest BCUT2D eigenvalue weighted by Crippen LogP contribution is 2.29. The van der Waals surface area contributed by atoms with Gasteiger partial charge in [0.2, 0.25) is 0 Å². The molecule has 1 nitrogen and oxygen atoms in total. The second kappa shape index (κ2) is 5.68. The van der Waals surface area contributed by atoms with Crippen LogP contribution in [0.3, 0.4) is 0 Å². The molecule has 19 heavy (non-hydrogen) atoms. The van der Waals surface area contributed by atoms with Crippen molar-refractivity contribution >= 4 is 40.6 Å². The van der Waals surface area contributed by atoms with Gasteiger partial charge >= 0.3 is 0 Å². The van der Waals surface area contributed by atoms with Crippen LogP contribution < -0.4 is 0 Å². The molecule has 3 heteroatoms. The highest BCUT2D eigenvalue weighted by Gasteiger charge is 2.18. The largest absolute Gasteiger partial charge is 0.294 e. The summed E-state index contributed by atoms with van der Waals surface area (Å²) in [4.78, 5) is 14.6. The Labute approximate surface area is 120 Å². The molecule has 1 fully saturated rings. The van der Waals surface area contributed by atoms with E-state index in [-0.39, 0.29) is 5.78 Å². The first-order chi connectivity index (χ1) is 9.31. The maximum atomic E-state index is 12.2. The average Bonchev–Trinajstić information content (AvgIpc) is 3.05. The number of carbonyl (C=O) groups is 1. The molecular formula is C16H14OS2. The molecule has 0 radical (unpaired) electrons.